The Bertz CT molecular complexity index is 321. The smallest absolute Gasteiger partial charge is 0.0433 e. The Balaban J connectivity index is 2.53. The minimum Gasteiger partial charge on any atom is -0.396 e. The molecule has 1 aliphatic rings. The summed E-state index contributed by atoms with van der Waals surface area (Å²) in [6.07, 6.45) is 10.6. The van der Waals surface area contributed by atoms with Gasteiger partial charge in [-0.2, -0.15) is 0 Å². The first-order valence-corrected chi connectivity index (χ1v) is 7.43. The molecule has 1 aliphatic carbocycles. The molecule has 0 saturated heterocycles. The van der Waals surface area contributed by atoms with Gasteiger partial charge in [-0.1, -0.05) is 36.6 Å². The van der Waals surface area contributed by atoms with Crippen molar-refractivity contribution in [1.29, 1.82) is 0 Å². The second-order valence-corrected chi connectivity index (χ2v) is 6.41. The van der Waals surface area contributed by atoms with Gasteiger partial charge in [-0.25, -0.2) is 0 Å². The van der Waals surface area contributed by atoms with Gasteiger partial charge >= 0.3 is 0 Å². The van der Waals surface area contributed by atoms with Crippen LogP contribution in [-0.4, -0.2) is 11.7 Å². The monoisotopic (exact) mass is 250 g/mol. The van der Waals surface area contributed by atoms with Crippen LogP contribution < -0.4 is 0 Å². The maximum atomic E-state index is 8.78. The number of aliphatic hydroxyl groups is 1. The fraction of sp³-hybridized carbons (Fsp3) is 0.765. The van der Waals surface area contributed by atoms with E-state index in [2.05, 4.69) is 33.8 Å². The standard InChI is InChI=1S/C17H30O/c1-14(8-5-6-13-18)10-11-16-15(2)9-7-12-17(16,3)4/h8,18H,5-7,9-13H2,1-4H3/b14-8+. The van der Waals surface area contributed by atoms with Crippen LogP contribution >= 0.6 is 0 Å². The van der Waals surface area contributed by atoms with Gasteiger partial charge < -0.3 is 5.11 Å². The molecule has 0 saturated carbocycles. The lowest BCUT2D eigenvalue weighted by atomic mass is 9.71. The fourth-order valence-electron chi connectivity index (χ4n) is 3.09. The summed E-state index contributed by atoms with van der Waals surface area (Å²) >= 11 is 0. The van der Waals surface area contributed by atoms with E-state index in [-0.39, 0.29) is 0 Å². The summed E-state index contributed by atoms with van der Waals surface area (Å²) in [4.78, 5) is 0. The number of rotatable bonds is 6. The highest BCUT2D eigenvalue weighted by Gasteiger charge is 2.27. The third kappa shape index (κ3) is 4.61. The van der Waals surface area contributed by atoms with Crippen LogP contribution in [0, 0.1) is 5.41 Å². The van der Waals surface area contributed by atoms with Crippen molar-refractivity contribution in [1.82, 2.24) is 0 Å². The minimum absolute atomic E-state index is 0.307. The molecule has 0 aromatic carbocycles. The molecule has 1 rings (SSSR count). The Kier molecular flexibility index (Phi) is 6.14. The normalized spacial score (nSPS) is 20.4. The molecule has 0 unspecified atom stereocenters. The van der Waals surface area contributed by atoms with E-state index in [4.69, 9.17) is 5.11 Å². The number of aliphatic hydroxyl groups excluding tert-OH is 1. The molecule has 0 aromatic rings. The number of allylic oxidation sites excluding steroid dienone is 4. The lowest BCUT2D eigenvalue weighted by Gasteiger charge is -2.35. The van der Waals surface area contributed by atoms with Gasteiger partial charge in [-0.15, -0.1) is 0 Å². The molecular formula is C17H30O. The van der Waals surface area contributed by atoms with Gasteiger partial charge in [0.15, 0.2) is 0 Å². The largest absolute Gasteiger partial charge is 0.396 e. The van der Waals surface area contributed by atoms with Gasteiger partial charge in [-0.3, -0.25) is 0 Å². The van der Waals surface area contributed by atoms with E-state index < -0.39 is 0 Å². The molecule has 0 aliphatic heterocycles. The fourth-order valence-corrected chi connectivity index (χ4v) is 3.09. The molecule has 1 nitrogen and oxygen atoms in total. The van der Waals surface area contributed by atoms with Crippen molar-refractivity contribution in [2.45, 2.75) is 72.6 Å². The lowest BCUT2D eigenvalue weighted by molar-refractivity contribution is 0.289. The number of hydrogen-bond acceptors (Lipinski definition) is 1. The first-order valence-electron chi connectivity index (χ1n) is 7.43. The summed E-state index contributed by atoms with van der Waals surface area (Å²) in [6, 6.07) is 0. The van der Waals surface area contributed by atoms with Crippen LogP contribution in [0.2, 0.25) is 0 Å². The predicted molar refractivity (Wildman–Crippen MR) is 79.6 cm³/mol. The van der Waals surface area contributed by atoms with Crippen LogP contribution in [0.1, 0.15) is 72.6 Å². The van der Waals surface area contributed by atoms with Gasteiger partial charge in [0.05, 0.1) is 0 Å². The zero-order chi connectivity index (χ0) is 13.6. The summed E-state index contributed by atoms with van der Waals surface area (Å²) in [7, 11) is 0. The third-order valence-electron chi connectivity index (χ3n) is 4.31. The van der Waals surface area contributed by atoms with Crippen molar-refractivity contribution >= 4 is 0 Å². The van der Waals surface area contributed by atoms with Crippen molar-refractivity contribution < 1.29 is 5.11 Å². The molecular weight excluding hydrogens is 220 g/mol. The van der Waals surface area contributed by atoms with Crippen LogP contribution in [0.25, 0.3) is 0 Å². The Labute approximate surface area is 113 Å². The molecule has 0 fully saturated rings. The average Bonchev–Trinajstić information content (AvgIpc) is 2.28. The number of hydrogen-bond donors (Lipinski definition) is 1. The van der Waals surface area contributed by atoms with Crippen molar-refractivity contribution in [3.05, 3.63) is 22.8 Å². The molecule has 18 heavy (non-hydrogen) atoms. The topological polar surface area (TPSA) is 20.2 Å². The Hall–Kier alpha value is -0.560. The third-order valence-corrected chi connectivity index (χ3v) is 4.31. The highest BCUT2D eigenvalue weighted by Crippen LogP contribution is 2.42. The van der Waals surface area contributed by atoms with E-state index in [0.29, 0.717) is 12.0 Å². The van der Waals surface area contributed by atoms with E-state index >= 15 is 0 Å². The molecule has 0 spiro atoms. The van der Waals surface area contributed by atoms with Gasteiger partial charge in [0.1, 0.15) is 0 Å². The Morgan fingerprint density at radius 2 is 2.11 bits per heavy atom. The molecule has 1 heteroatoms. The zero-order valence-corrected chi connectivity index (χ0v) is 12.7. The second-order valence-electron chi connectivity index (χ2n) is 6.41. The molecule has 0 amide bonds. The zero-order valence-electron chi connectivity index (χ0n) is 12.7. The van der Waals surface area contributed by atoms with E-state index in [1.54, 1.807) is 11.1 Å². The van der Waals surface area contributed by atoms with Gasteiger partial charge in [0, 0.05) is 6.61 Å². The van der Waals surface area contributed by atoms with Crippen LogP contribution in [0.3, 0.4) is 0 Å². The van der Waals surface area contributed by atoms with Crippen LogP contribution in [0.15, 0.2) is 22.8 Å². The first-order chi connectivity index (χ1) is 8.47. The molecule has 0 radical (unpaired) electrons. The Morgan fingerprint density at radius 1 is 1.39 bits per heavy atom. The van der Waals surface area contributed by atoms with Gasteiger partial charge in [-0.05, 0) is 64.2 Å². The Morgan fingerprint density at radius 3 is 2.72 bits per heavy atom. The van der Waals surface area contributed by atoms with Crippen molar-refractivity contribution in [3.63, 3.8) is 0 Å². The van der Waals surface area contributed by atoms with E-state index in [1.807, 2.05) is 0 Å². The molecule has 1 N–H and O–H groups in total. The predicted octanol–water partition coefficient (Wildman–Crippen LogP) is 5.01. The summed E-state index contributed by atoms with van der Waals surface area (Å²) < 4.78 is 0. The second kappa shape index (κ2) is 7.13. The summed E-state index contributed by atoms with van der Waals surface area (Å²) in [6.45, 7) is 9.65. The molecule has 0 bridgehead atoms. The minimum atomic E-state index is 0.307. The van der Waals surface area contributed by atoms with E-state index in [0.717, 1.165) is 12.8 Å². The van der Waals surface area contributed by atoms with Crippen molar-refractivity contribution in [3.8, 4) is 0 Å². The average molecular weight is 250 g/mol. The number of unbranched alkanes of at least 4 members (excludes halogenated alkanes) is 1. The highest BCUT2D eigenvalue weighted by molar-refractivity contribution is 5.23. The maximum absolute atomic E-state index is 8.78. The quantitative estimate of drug-likeness (QED) is 0.519. The van der Waals surface area contributed by atoms with Crippen LogP contribution in [0.5, 0.6) is 0 Å². The molecule has 0 atom stereocenters. The van der Waals surface area contributed by atoms with Crippen molar-refractivity contribution in [2.75, 3.05) is 6.61 Å². The summed E-state index contributed by atoms with van der Waals surface area (Å²) in [5.41, 5.74) is 5.22. The van der Waals surface area contributed by atoms with E-state index in [9.17, 15) is 0 Å². The van der Waals surface area contributed by atoms with Gasteiger partial charge in [0.2, 0.25) is 0 Å². The van der Waals surface area contributed by atoms with Crippen LogP contribution in [0.4, 0.5) is 0 Å². The highest BCUT2D eigenvalue weighted by atomic mass is 16.2. The lowest BCUT2D eigenvalue weighted by Crippen LogP contribution is -2.20. The summed E-state index contributed by atoms with van der Waals surface area (Å²) in [5, 5.41) is 8.78. The maximum Gasteiger partial charge on any atom is 0.0433 e. The summed E-state index contributed by atoms with van der Waals surface area (Å²) in [5.74, 6) is 0. The molecule has 0 aromatic heterocycles. The van der Waals surface area contributed by atoms with E-state index in [1.165, 1.54) is 37.7 Å². The molecule has 104 valence electrons. The van der Waals surface area contributed by atoms with Crippen LogP contribution in [-0.2, 0) is 0 Å². The van der Waals surface area contributed by atoms with Crippen molar-refractivity contribution in [2.24, 2.45) is 5.41 Å². The van der Waals surface area contributed by atoms with Gasteiger partial charge in [0.25, 0.3) is 0 Å². The SMILES string of the molecule is CC1=C(CC/C(C)=C/CCCO)C(C)(C)CCC1. The molecule has 0 heterocycles. The first kappa shape index (κ1) is 15.5.